The number of rotatable bonds is 38. The number of carbonyl (C=O) groups is 2. The zero-order valence-electron chi connectivity index (χ0n) is 37.2. The molecule has 0 aromatic rings. The first-order valence-electron chi connectivity index (χ1n) is 23.3. The Balaban J connectivity index is 2.52. The van der Waals surface area contributed by atoms with Gasteiger partial charge in [-0.15, -0.1) is 0 Å². The molecule has 0 bridgehead atoms. The van der Waals surface area contributed by atoms with Crippen molar-refractivity contribution in [1.29, 1.82) is 0 Å². The minimum atomic E-state index is -5.15. The maximum Gasteiger partial charge on any atom is 0.472 e. The standard InChI is InChI=1S/C45H83O15P/c1-3-5-7-9-11-12-13-14-15-16-17-18-19-23-28-32-39(49)59-35(34-58-61(55,56)60-45-43(53)41(51)40(50)42(52)44(45)54)33-57-38(48)31-27-24-20-22-26-30-37(47)36(46)29-25-21-10-8-6-4-2/h14-15,21,25,35-37,40-47,50-54H,3-13,16-20,22-24,26-34H2,1-2H3,(H,55,56)/b15-14-,25-21-/t35-,36-,37-,40?,41-,42+,43-,44-,45?/m1/s1. The van der Waals surface area contributed by atoms with E-state index in [-0.39, 0.29) is 12.8 Å². The third kappa shape index (κ3) is 27.9. The molecule has 1 saturated carbocycles. The quantitative estimate of drug-likeness (QED) is 0.0138. The molecular weight excluding hydrogens is 811 g/mol. The summed E-state index contributed by atoms with van der Waals surface area (Å²) in [5.41, 5.74) is 0. The molecule has 0 heterocycles. The average molecular weight is 895 g/mol. The van der Waals surface area contributed by atoms with Crippen LogP contribution in [0.3, 0.4) is 0 Å². The van der Waals surface area contributed by atoms with Gasteiger partial charge >= 0.3 is 19.8 Å². The van der Waals surface area contributed by atoms with Crippen LogP contribution >= 0.6 is 7.82 Å². The van der Waals surface area contributed by atoms with E-state index in [0.29, 0.717) is 25.7 Å². The van der Waals surface area contributed by atoms with Crippen LogP contribution in [0.25, 0.3) is 0 Å². The molecule has 15 nitrogen and oxygen atoms in total. The van der Waals surface area contributed by atoms with Crippen LogP contribution in [0.2, 0.25) is 0 Å². The fraction of sp³-hybridized carbons (Fsp3) is 0.867. The molecule has 61 heavy (non-hydrogen) atoms. The summed E-state index contributed by atoms with van der Waals surface area (Å²) in [6, 6.07) is 0. The van der Waals surface area contributed by atoms with Crippen molar-refractivity contribution in [1.82, 2.24) is 0 Å². The normalized spacial score (nSPS) is 23.2. The van der Waals surface area contributed by atoms with Gasteiger partial charge in [-0.25, -0.2) is 4.57 Å². The molecule has 0 saturated heterocycles. The maximum atomic E-state index is 12.8. The highest BCUT2D eigenvalue weighted by atomic mass is 31.2. The topological polar surface area (TPSA) is 250 Å². The monoisotopic (exact) mass is 895 g/mol. The number of ether oxygens (including phenoxy) is 2. The number of aliphatic hydroxyl groups excluding tert-OH is 7. The van der Waals surface area contributed by atoms with Crippen molar-refractivity contribution in [2.45, 2.75) is 236 Å². The Kier molecular flexibility index (Phi) is 33.4. The van der Waals surface area contributed by atoms with E-state index in [1.807, 2.05) is 12.2 Å². The van der Waals surface area contributed by atoms with E-state index in [0.717, 1.165) is 83.5 Å². The summed E-state index contributed by atoms with van der Waals surface area (Å²) < 4.78 is 33.4. The number of phosphoric acid groups is 1. The van der Waals surface area contributed by atoms with Crippen molar-refractivity contribution in [3.8, 4) is 0 Å². The molecule has 0 aromatic heterocycles. The second-order valence-corrected chi connectivity index (χ2v) is 18.0. The van der Waals surface area contributed by atoms with Gasteiger partial charge < -0.3 is 50.1 Å². The maximum absolute atomic E-state index is 12.8. The van der Waals surface area contributed by atoms with Crippen LogP contribution in [0.1, 0.15) is 181 Å². The summed E-state index contributed by atoms with van der Waals surface area (Å²) in [5.74, 6) is -1.22. The number of unbranched alkanes of at least 4 members (excludes halogenated alkanes) is 18. The zero-order chi connectivity index (χ0) is 45.3. The van der Waals surface area contributed by atoms with Crippen molar-refractivity contribution in [3.63, 3.8) is 0 Å². The number of phosphoric ester groups is 1. The highest BCUT2D eigenvalue weighted by Crippen LogP contribution is 2.47. The summed E-state index contributed by atoms with van der Waals surface area (Å²) in [4.78, 5) is 35.7. The fourth-order valence-electron chi connectivity index (χ4n) is 7.01. The Hall–Kier alpha value is -1.75. The lowest BCUT2D eigenvalue weighted by molar-refractivity contribution is -0.220. The Morgan fingerprint density at radius 2 is 1.00 bits per heavy atom. The third-order valence-corrected chi connectivity index (χ3v) is 12.0. The van der Waals surface area contributed by atoms with Crippen molar-refractivity contribution in [2.75, 3.05) is 13.2 Å². The van der Waals surface area contributed by atoms with Crippen LogP contribution in [0.4, 0.5) is 0 Å². The first-order valence-corrected chi connectivity index (χ1v) is 24.8. The molecule has 0 aromatic carbocycles. The Morgan fingerprint density at radius 1 is 0.557 bits per heavy atom. The summed E-state index contributed by atoms with van der Waals surface area (Å²) in [7, 11) is -5.15. The van der Waals surface area contributed by atoms with Gasteiger partial charge in [0.2, 0.25) is 0 Å². The third-order valence-electron chi connectivity index (χ3n) is 11.0. The van der Waals surface area contributed by atoms with Crippen molar-refractivity contribution < 1.29 is 73.3 Å². The molecule has 1 aliphatic rings. The van der Waals surface area contributed by atoms with E-state index in [1.54, 1.807) is 0 Å². The molecule has 0 radical (unpaired) electrons. The predicted molar refractivity (Wildman–Crippen MR) is 233 cm³/mol. The van der Waals surface area contributed by atoms with Crippen LogP contribution in [-0.2, 0) is 32.7 Å². The summed E-state index contributed by atoms with van der Waals surface area (Å²) >= 11 is 0. The van der Waals surface area contributed by atoms with Crippen molar-refractivity contribution in [2.24, 2.45) is 0 Å². The van der Waals surface area contributed by atoms with E-state index in [9.17, 15) is 54.8 Å². The Labute approximate surface area is 365 Å². The Morgan fingerprint density at radius 3 is 1.57 bits per heavy atom. The number of hydrogen-bond acceptors (Lipinski definition) is 14. The number of carbonyl (C=O) groups excluding carboxylic acids is 2. The molecule has 0 spiro atoms. The highest BCUT2D eigenvalue weighted by Gasteiger charge is 2.51. The summed E-state index contributed by atoms with van der Waals surface area (Å²) in [6.07, 6.45) is 16.7. The minimum absolute atomic E-state index is 0.0562. The molecule has 0 aliphatic heterocycles. The molecule has 1 fully saturated rings. The predicted octanol–water partition coefficient (Wildman–Crippen LogP) is 6.78. The van der Waals surface area contributed by atoms with Gasteiger partial charge in [0.25, 0.3) is 0 Å². The second-order valence-electron chi connectivity index (χ2n) is 16.6. The van der Waals surface area contributed by atoms with Gasteiger partial charge in [-0.1, -0.05) is 128 Å². The molecule has 8 N–H and O–H groups in total. The van der Waals surface area contributed by atoms with Gasteiger partial charge in [0.15, 0.2) is 6.10 Å². The highest BCUT2D eigenvalue weighted by molar-refractivity contribution is 7.47. The first-order chi connectivity index (χ1) is 29.2. The average Bonchev–Trinajstić information content (AvgIpc) is 3.23. The molecule has 1 rings (SSSR count). The van der Waals surface area contributed by atoms with Gasteiger partial charge in [0.1, 0.15) is 43.2 Å². The van der Waals surface area contributed by atoms with Crippen LogP contribution in [0.5, 0.6) is 0 Å². The van der Waals surface area contributed by atoms with Crippen LogP contribution < -0.4 is 0 Å². The van der Waals surface area contributed by atoms with Gasteiger partial charge in [-0.2, -0.15) is 0 Å². The van der Waals surface area contributed by atoms with Gasteiger partial charge in [-0.3, -0.25) is 18.6 Å². The SMILES string of the molecule is CCCCC/C=C\C[C@@H](O)[C@H](O)CCCCCCCC(=O)OC[C@H](COP(=O)(O)OC1[C@H](O)[C@H](O)C(O)[C@H](O)[C@H]1O)OC(=O)CCCCCCC/C=C\CCCCCCCC. The number of esters is 2. The van der Waals surface area contributed by atoms with Crippen LogP contribution in [0, 0.1) is 0 Å². The lowest BCUT2D eigenvalue weighted by Crippen LogP contribution is -2.64. The molecular formula is C45H83O15P. The molecule has 358 valence electrons. The molecule has 0 amide bonds. The fourth-order valence-corrected chi connectivity index (χ4v) is 7.98. The number of hydrogen-bond donors (Lipinski definition) is 8. The molecule has 3 unspecified atom stereocenters. The molecule has 1 aliphatic carbocycles. The zero-order valence-corrected chi connectivity index (χ0v) is 38.1. The second kappa shape index (κ2) is 35.6. The minimum Gasteiger partial charge on any atom is -0.462 e. The van der Waals surface area contributed by atoms with Crippen LogP contribution in [-0.4, -0.2) is 121 Å². The van der Waals surface area contributed by atoms with Gasteiger partial charge in [-0.05, 0) is 64.2 Å². The van der Waals surface area contributed by atoms with E-state index >= 15 is 0 Å². The van der Waals surface area contributed by atoms with Gasteiger partial charge in [0.05, 0.1) is 18.8 Å². The smallest absolute Gasteiger partial charge is 0.462 e. The number of allylic oxidation sites excluding steroid dienone is 3. The molecule has 16 heteroatoms. The largest absolute Gasteiger partial charge is 0.472 e. The summed E-state index contributed by atoms with van der Waals surface area (Å²) in [5, 5.41) is 70.6. The van der Waals surface area contributed by atoms with Gasteiger partial charge in [0, 0.05) is 12.8 Å². The Bertz CT molecular complexity index is 1200. The first kappa shape index (κ1) is 57.3. The van der Waals surface area contributed by atoms with Crippen LogP contribution in [0.15, 0.2) is 24.3 Å². The summed E-state index contributed by atoms with van der Waals surface area (Å²) in [6.45, 7) is 3.09. The lowest BCUT2D eigenvalue weighted by atomic mass is 9.85. The van der Waals surface area contributed by atoms with Crippen molar-refractivity contribution in [3.05, 3.63) is 24.3 Å². The number of aliphatic hydroxyl groups is 7. The van der Waals surface area contributed by atoms with E-state index in [2.05, 4.69) is 26.0 Å². The van der Waals surface area contributed by atoms with Crippen molar-refractivity contribution >= 4 is 19.8 Å². The molecule has 10 atom stereocenters. The van der Waals surface area contributed by atoms with E-state index in [4.69, 9.17) is 18.5 Å². The lowest BCUT2D eigenvalue weighted by Gasteiger charge is -2.41. The van der Waals surface area contributed by atoms with E-state index < -0.39 is 87.9 Å². The van der Waals surface area contributed by atoms with E-state index in [1.165, 1.54) is 44.9 Å².